The third-order valence-electron chi connectivity index (χ3n) is 2.55. The van der Waals surface area contributed by atoms with Gasteiger partial charge in [-0.25, -0.2) is 4.79 Å². The molecule has 1 rings (SSSR count). The Labute approximate surface area is 120 Å². The van der Waals surface area contributed by atoms with E-state index in [9.17, 15) is 18.4 Å². The highest BCUT2D eigenvalue weighted by Gasteiger charge is 2.18. The van der Waals surface area contributed by atoms with Crippen LogP contribution in [-0.4, -0.2) is 29.6 Å². The number of hydrogen-bond donors (Lipinski definition) is 2. The van der Waals surface area contributed by atoms with Crippen LogP contribution in [0.4, 0.5) is 8.78 Å². The number of benzene rings is 1. The molecule has 7 heteroatoms. The zero-order chi connectivity index (χ0) is 15.8. The van der Waals surface area contributed by atoms with Crippen LogP contribution >= 0.6 is 0 Å². The molecule has 1 aromatic rings. The Morgan fingerprint density at radius 2 is 1.95 bits per heavy atom. The molecular weight excluding hydrogens is 284 g/mol. The number of halogens is 2. The highest BCUT2D eigenvalue weighted by atomic mass is 19.3. The van der Waals surface area contributed by atoms with Gasteiger partial charge in [0.05, 0.1) is 6.42 Å². The minimum atomic E-state index is -2.91. The molecule has 0 saturated carbocycles. The quantitative estimate of drug-likeness (QED) is 0.720. The third-order valence-corrected chi connectivity index (χ3v) is 2.55. The first-order chi connectivity index (χ1) is 9.92. The van der Waals surface area contributed by atoms with Gasteiger partial charge in [-0.3, -0.25) is 4.79 Å². The maximum absolute atomic E-state index is 12.0. The molecule has 1 aromatic carbocycles. The number of ether oxygens (including phenoxy) is 1. The molecule has 0 bridgehead atoms. The van der Waals surface area contributed by atoms with Crippen molar-refractivity contribution in [1.82, 2.24) is 5.32 Å². The number of carboxylic acid groups (broad SMARTS) is 1. The molecule has 0 radical (unpaired) electrons. The van der Waals surface area contributed by atoms with Gasteiger partial charge in [-0.15, -0.1) is 6.58 Å². The summed E-state index contributed by atoms with van der Waals surface area (Å²) in [4.78, 5) is 22.6. The van der Waals surface area contributed by atoms with Crippen molar-refractivity contribution in [3.05, 3.63) is 42.5 Å². The Morgan fingerprint density at radius 1 is 1.33 bits per heavy atom. The van der Waals surface area contributed by atoms with Crippen molar-refractivity contribution in [3.8, 4) is 5.75 Å². The fourth-order valence-corrected chi connectivity index (χ4v) is 1.61. The standard InChI is InChI=1S/C14H15F2NO4/c1-2-3-11(13(19)20)17-12(18)8-9-4-6-10(7-5-9)21-14(15)16/h2,4-7,11,14H,1,3,8H2,(H,17,18)(H,19,20). The Bertz CT molecular complexity index is 502. The van der Waals surface area contributed by atoms with E-state index in [1.165, 1.54) is 30.3 Å². The summed E-state index contributed by atoms with van der Waals surface area (Å²) in [5, 5.41) is 11.2. The predicted octanol–water partition coefficient (Wildman–Crippen LogP) is 1.98. The van der Waals surface area contributed by atoms with Crippen molar-refractivity contribution >= 4 is 11.9 Å². The molecule has 21 heavy (non-hydrogen) atoms. The van der Waals surface area contributed by atoms with Crippen molar-refractivity contribution in [2.45, 2.75) is 25.5 Å². The molecule has 0 heterocycles. The molecule has 0 fully saturated rings. The lowest BCUT2D eigenvalue weighted by Gasteiger charge is -2.12. The number of carboxylic acids is 1. The van der Waals surface area contributed by atoms with Gasteiger partial charge in [0.15, 0.2) is 0 Å². The number of aliphatic carboxylic acids is 1. The Hall–Kier alpha value is -2.44. The molecule has 0 aliphatic rings. The van der Waals surface area contributed by atoms with Gasteiger partial charge in [0.25, 0.3) is 0 Å². The first-order valence-corrected chi connectivity index (χ1v) is 6.09. The number of amides is 1. The molecule has 1 atom stereocenters. The maximum Gasteiger partial charge on any atom is 0.387 e. The summed E-state index contributed by atoms with van der Waals surface area (Å²) in [5.74, 6) is -1.64. The van der Waals surface area contributed by atoms with Gasteiger partial charge < -0.3 is 15.2 Å². The van der Waals surface area contributed by atoms with E-state index in [2.05, 4.69) is 16.6 Å². The van der Waals surface area contributed by atoms with Crippen LogP contribution in [0.3, 0.4) is 0 Å². The molecule has 1 amide bonds. The molecule has 1 unspecified atom stereocenters. The summed E-state index contributed by atoms with van der Waals surface area (Å²) >= 11 is 0. The summed E-state index contributed by atoms with van der Waals surface area (Å²) in [6.07, 6.45) is 1.45. The second-order valence-corrected chi connectivity index (χ2v) is 4.18. The van der Waals surface area contributed by atoms with E-state index >= 15 is 0 Å². The summed E-state index contributed by atoms with van der Waals surface area (Å²) < 4.78 is 28.1. The van der Waals surface area contributed by atoms with Crippen LogP contribution in [0, 0.1) is 0 Å². The van der Waals surface area contributed by atoms with Crippen molar-refractivity contribution < 1.29 is 28.2 Å². The number of rotatable bonds is 8. The molecule has 5 nitrogen and oxygen atoms in total. The molecule has 0 aromatic heterocycles. The lowest BCUT2D eigenvalue weighted by Crippen LogP contribution is -2.41. The van der Waals surface area contributed by atoms with Crippen LogP contribution in [-0.2, 0) is 16.0 Å². The van der Waals surface area contributed by atoms with Gasteiger partial charge in [0, 0.05) is 0 Å². The predicted molar refractivity (Wildman–Crippen MR) is 71.2 cm³/mol. The van der Waals surface area contributed by atoms with Crippen LogP contribution in [0.2, 0.25) is 0 Å². The average molecular weight is 299 g/mol. The van der Waals surface area contributed by atoms with Gasteiger partial charge in [0.1, 0.15) is 11.8 Å². The van der Waals surface area contributed by atoms with Crippen molar-refractivity contribution in [1.29, 1.82) is 0 Å². The minimum Gasteiger partial charge on any atom is -0.480 e. The molecule has 114 valence electrons. The maximum atomic E-state index is 12.0. The van der Waals surface area contributed by atoms with E-state index in [-0.39, 0.29) is 18.6 Å². The summed E-state index contributed by atoms with van der Waals surface area (Å²) in [5.41, 5.74) is 0.553. The Morgan fingerprint density at radius 3 is 2.43 bits per heavy atom. The molecule has 0 aliphatic carbocycles. The highest BCUT2D eigenvalue weighted by Crippen LogP contribution is 2.15. The zero-order valence-corrected chi connectivity index (χ0v) is 11.1. The first kappa shape index (κ1) is 16.6. The molecule has 2 N–H and O–H groups in total. The van der Waals surface area contributed by atoms with Gasteiger partial charge in [-0.1, -0.05) is 18.2 Å². The first-order valence-electron chi connectivity index (χ1n) is 6.09. The summed E-state index contributed by atoms with van der Waals surface area (Å²) in [7, 11) is 0. The van der Waals surface area contributed by atoms with Crippen LogP contribution in [0.5, 0.6) is 5.75 Å². The SMILES string of the molecule is C=CCC(NC(=O)Cc1ccc(OC(F)F)cc1)C(=O)O. The van der Waals surface area contributed by atoms with Gasteiger partial charge >= 0.3 is 12.6 Å². The Balaban J connectivity index is 2.57. The van der Waals surface area contributed by atoms with E-state index in [0.717, 1.165) is 0 Å². The minimum absolute atomic E-state index is 0.00997. The summed E-state index contributed by atoms with van der Waals surface area (Å²) in [6.45, 7) is 0.510. The second-order valence-electron chi connectivity index (χ2n) is 4.18. The zero-order valence-electron chi connectivity index (χ0n) is 11.1. The second kappa shape index (κ2) is 7.98. The summed E-state index contributed by atoms with van der Waals surface area (Å²) in [6, 6.07) is 4.51. The fourth-order valence-electron chi connectivity index (χ4n) is 1.61. The molecule has 0 saturated heterocycles. The topological polar surface area (TPSA) is 75.6 Å². The smallest absolute Gasteiger partial charge is 0.387 e. The van der Waals surface area contributed by atoms with Crippen molar-refractivity contribution in [2.75, 3.05) is 0 Å². The monoisotopic (exact) mass is 299 g/mol. The van der Waals surface area contributed by atoms with Crippen LogP contribution in [0.15, 0.2) is 36.9 Å². The number of hydrogen-bond acceptors (Lipinski definition) is 3. The number of carbonyl (C=O) groups excluding carboxylic acids is 1. The molecule has 0 aliphatic heterocycles. The van der Waals surface area contributed by atoms with E-state index in [1.54, 1.807) is 0 Å². The van der Waals surface area contributed by atoms with E-state index < -0.39 is 24.5 Å². The largest absolute Gasteiger partial charge is 0.480 e. The van der Waals surface area contributed by atoms with E-state index in [1.807, 2.05) is 0 Å². The normalized spacial score (nSPS) is 11.8. The van der Waals surface area contributed by atoms with Crippen molar-refractivity contribution in [3.63, 3.8) is 0 Å². The lowest BCUT2D eigenvalue weighted by molar-refractivity contribution is -0.141. The number of carbonyl (C=O) groups is 2. The fraction of sp³-hybridized carbons (Fsp3) is 0.286. The number of nitrogens with one attached hydrogen (secondary N) is 1. The molecular formula is C14H15F2NO4. The van der Waals surface area contributed by atoms with Gasteiger partial charge in [-0.05, 0) is 24.1 Å². The number of alkyl halides is 2. The van der Waals surface area contributed by atoms with Crippen LogP contribution < -0.4 is 10.1 Å². The Kier molecular flexibility index (Phi) is 6.32. The van der Waals surface area contributed by atoms with Crippen LogP contribution in [0.25, 0.3) is 0 Å². The van der Waals surface area contributed by atoms with Gasteiger partial charge in [0.2, 0.25) is 5.91 Å². The lowest BCUT2D eigenvalue weighted by atomic mass is 10.1. The van der Waals surface area contributed by atoms with E-state index in [4.69, 9.17) is 5.11 Å². The van der Waals surface area contributed by atoms with Crippen molar-refractivity contribution in [2.24, 2.45) is 0 Å². The van der Waals surface area contributed by atoms with E-state index in [0.29, 0.717) is 5.56 Å². The third kappa shape index (κ3) is 6.03. The van der Waals surface area contributed by atoms with Crippen LogP contribution in [0.1, 0.15) is 12.0 Å². The molecule has 0 spiro atoms. The average Bonchev–Trinajstić information content (AvgIpc) is 2.40. The highest BCUT2D eigenvalue weighted by molar-refractivity contribution is 5.84. The van der Waals surface area contributed by atoms with Gasteiger partial charge in [-0.2, -0.15) is 8.78 Å².